The first-order valence-electron chi connectivity index (χ1n) is 8.63. The zero-order valence-electron chi connectivity index (χ0n) is 15.3. The van der Waals surface area contributed by atoms with Crippen LogP contribution in [-0.2, 0) is 12.8 Å². The monoisotopic (exact) mass is 353 g/mol. The van der Waals surface area contributed by atoms with E-state index in [-0.39, 0.29) is 5.91 Å². The van der Waals surface area contributed by atoms with Crippen LogP contribution in [0.3, 0.4) is 0 Å². The van der Waals surface area contributed by atoms with E-state index in [2.05, 4.69) is 10.3 Å². The van der Waals surface area contributed by atoms with Gasteiger partial charge in [-0.3, -0.25) is 9.20 Å². The fraction of sp³-hybridized carbons (Fsp3) is 0.300. The molecule has 2 aromatic heterocycles. The van der Waals surface area contributed by atoms with Crippen molar-refractivity contribution < 1.29 is 14.3 Å². The van der Waals surface area contributed by atoms with E-state index in [0.717, 1.165) is 23.4 Å². The molecule has 0 fully saturated rings. The Hall–Kier alpha value is -3.02. The Morgan fingerprint density at radius 3 is 2.58 bits per heavy atom. The molecule has 0 aliphatic rings. The number of nitrogens with one attached hydrogen (secondary N) is 1. The topological polar surface area (TPSA) is 64.9 Å². The highest BCUT2D eigenvalue weighted by atomic mass is 16.5. The highest BCUT2D eigenvalue weighted by Gasteiger charge is 2.19. The molecule has 3 aromatic rings. The van der Waals surface area contributed by atoms with Gasteiger partial charge in [-0.25, -0.2) is 4.98 Å². The van der Waals surface area contributed by atoms with Gasteiger partial charge in [0.15, 0.2) is 11.4 Å². The summed E-state index contributed by atoms with van der Waals surface area (Å²) in [6.45, 7) is 2.54. The van der Waals surface area contributed by atoms with Crippen LogP contribution >= 0.6 is 0 Å². The number of aromatic nitrogens is 2. The van der Waals surface area contributed by atoms with Gasteiger partial charge in [0.2, 0.25) is 0 Å². The smallest absolute Gasteiger partial charge is 0.270 e. The summed E-state index contributed by atoms with van der Waals surface area (Å²) in [5, 5.41) is 2.99. The predicted molar refractivity (Wildman–Crippen MR) is 100 cm³/mol. The Morgan fingerprint density at radius 2 is 1.92 bits per heavy atom. The molecule has 0 spiro atoms. The number of pyridine rings is 1. The number of imidazole rings is 1. The summed E-state index contributed by atoms with van der Waals surface area (Å²) < 4.78 is 12.3. The molecular weight excluding hydrogens is 330 g/mol. The maximum Gasteiger partial charge on any atom is 0.270 e. The molecule has 0 aliphatic heterocycles. The van der Waals surface area contributed by atoms with E-state index < -0.39 is 0 Å². The zero-order valence-corrected chi connectivity index (χ0v) is 15.3. The summed E-state index contributed by atoms with van der Waals surface area (Å²) in [7, 11) is 3.25. The molecule has 2 heterocycles. The van der Waals surface area contributed by atoms with E-state index in [1.807, 2.05) is 49.5 Å². The van der Waals surface area contributed by atoms with Crippen molar-refractivity contribution in [3.05, 3.63) is 59.5 Å². The molecule has 0 saturated carbocycles. The molecule has 0 bridgehead atoms. The van der Waals surface area contributed by atoms with Gasteiger partial charge in [0.1, 0.15) is 11.4 Å². The number of carbonyl (C=O) groups excluding carboxylic acids is 1. The van der Waals surface area contributed by atoms with Crippen LogP contribution in [0.15, 0.2) is 42.6 Å². The number of carbonyl (C=O) groups is 1. The molecule has 6 nitrogen and oxygen atoms in total. The van der Waals surface area contributed by atoms with E-state index in [0.29, 0.717) is 30.1 Å². The van der Waals surface area contributed by atoms with Crippen LogP contribution < -0.4 is 14.8 Å². The molecule has 3 rings (SSSR count). The van der Waals surface area contributed by atoms with Gasteiger partial charge in [0, 0.05) is 12.7 Å². The predicted octanol–water partition coefficient (Wildman–Crippen LogP) is 2.89. The third-order valence-electron chi connectivity index (χ3n) is 4.31. The van der Waals surface area contributed by atoms with Crippen molar-refractivity contribution in [2.75, 3.05) is 20.8 Å². The highest BCUT2D eigenvalue weighted by molar-refractivity contribution is 5.95. The Balaban J connectivity index is 1.74. The van der Waals surface area contributed by atoms with E-state index in [1.54, 1.807) is 18.6 Å². The second-order valence-corrected chi connectivity index (χ2v) is 5.88. The van der Waals surface area contributed by atoms with Crippen LogP contribution in [0.5, 0.6) is 11.5 Å². The normalized spacial score (nSPS) is 10.7. The van der Waals surface area contributed by atoms with Crippen molar-refractivity contribution in [1.82, 2.24) is 14.7 Å². The van der Waals surface area contributed by atoms with Gasteiger partial charge in [-0.2, -0.15) is 0 Å². The molecule has 1 N–H and O–H groups in total. The number of methoxy groups -OCH3 is 2. The third-order valence-corrected chi connectivity index (χ3v) is 4.31. The van der Waals surface area contributed by atoms with Crippen molar-refractivity contribution in [2.24, 2.45) is 0 Å². The van der Waals surface area contributed by atoms with Gasteiger partial charge < -0.3 is 14.8 Å². The quantitative estimate of drug-likeness (QED) is 0.709. The first kappa shape index (κ1) is 17.8. The molecule has 0 atom stereocenters. The molecule has 0 aliphatic carbocycles. The van der Waals surface area contributed by atoms with Gasteiger partial charge in [0.05, 0.1) is 19.9 Å². The van der Waals surface area contributed by atoms with Crippen LogP contribution in [0, 0.1) is 0 Å². The Bertz CT molecular complexity index is 901. The van der Waals surface area contributed by atoms with Crippen LogP contribution in [0.1, 0.15) is 28.7 Å². The lowest BCUT2D eigenvalue weighted by atomic mass is 10.1. The largest absolute Gasteiger partial charge is 0.497 e. The standard InChI is InChI=1S/C20H23N3O3/c1-4-16-18(23-13-5-6-17(26-3)19(23)22-16)20(24)21-12-11-14-7-9-15(25-2)10-8-14/h5-10,13H,4,11-12H2,1-3H3,(H,21,24). The third kappa shape index (κ3) is 3.49. The number of hydrogen-bond acceptors (Lipinski definition) is 4. The van der Waals surface area contributed by atoms with E-state index >= 15 is 0 Å². The van der Waals surface area contributed by atoms with Gasteiger partial charge in [-0.05, 0) is 42.7 Å². The second-order valence-electron chi connectivity index (χ2n) is 5.88. The lowest BCUT2D eigenvalue weighted by Crippen LogP contribution is -2.27. The number of fused-ring (bicyclic) bond motifs is 1. The Kier molecular flexibility index (Phi) is 5.41. The maximum absolute atomic E-state index is 12.8. The molecule has 0 radical (unpaired) electrons. The molecule has 26 heavy (non-hydrogen) atoms. The fourth-order valence-corrected chi connectivity index (χ4v) is 2.93. The van der Waals surface area contributed by atoms with Crippen LogP contribution in [0.4, 0.5) is 0 Å². The highest BCUT2D eigenvalue weighted by Crippen LogP contribution is 2.22. The van der Waals surface area contributed by atoms with Gasteiger partial charge in [0.25, 0.3) is 5.91 Å². The molecule has 1 amide bonds. The molecule has 6 heteroatoms. The van der Waals surface area contributed by atoms with Gasteiger partial charge in [-0.15, -0.1) is 0 Å². The van der Waals surface area contributed by atoms with E-state index in [1.165, 1.54) is 0 Å². The van der Waals surface area contributed by atoms with E-state index in [9.17, 15) is 4.79 Å². The number of ether oxygens (including phenoxy) is 2. The average molecular weight is 353 g/mol. The van der Waals surface area contributed by atoms with Crippen molar-refractivity contribution in [3.63, 3.8) is 0 Å². The van der Waals surface area contributed by atoms with Crippen molar-refractivity contribution in [3.8, 4) is 11.5 Å². The molecule has 136 valence electrons. The van der Waals surface area contributed by atoms with Crippen molar-refractivity contribution >= 4 is 11.6 Å². The minimum atomic E-state index is -0.129. The number of amides is 1. The number of hydrogen-bond donors (Lipinski definition) is 1. The number of rotatable bonds is 7. The van der Waals surface area contributed by atoms with Crippen molar-refractivity contribution in [2.45, 2.75) is 19.8 Å². The second kappa shape index (κ2) is 7.91. The molecular formula is C20H23N3O3. The van der Waals surface area contributed by atoms with Gasteiger partial charge >= 0.3 is 0 Å². The molecule has 0 saturated heterocycles. The summed E-state index contributed by atoms with van der Waals surface area (Å²) in [5.74, 6) is 1.35. The van der Waals surface area contributed by atoms with Crippen molar-refractivity contribution in [1.29, 1.82) is 0 Å². The summed E-state index contributed by atoms with van der Waals surface area (Å²) in [6, 6.07) is 11.5. The summed E-state index contributed by atoms with van der Waals surface area (Å²) in [6.07, 6.45) is 3.26. The van der Waals surface area contributed by atoms with Crippen LogP contribution in [-0.4, -0.2) is 36.1 Å². The Morgan fingerprint density at radius 1 is 1.15 bits per heavy atom. The van der Waals surface area contributed by atoms with E-state index in [4.69, 9.17) is 9.47 Å². The number of benzene rings is 1. The first-order valence-corrected chi connectivity index (χ1v) is 8.63. The fourth-order valence-electron chi connectivity index (χ4n) is 2.93. The number of aryl methyl sites for hydroxylation is 1. The summed E-state index contributed by atoms with van der Waals surface area (Å²) in [5.41, 5.74) is 3.13. The maximum atomic E-state index is 12.8. The average Bonchev–Trinajstić information content (AvgIpc) is 3.07. The van der Waals surface area contributed by atoms with Crippen LogP contribution in [0.25, 0.3) is 5.65 Å². The SMILES string of the molecule is CCc1nc2c(OC)cccn2c1C(=O)NCCc1ccc(OC)cc1. The minimum absolute atomic E-state index is 0.129. The van der Waals surface area contributed by atoms with Gasteiger partial charge in [-0.1, -0.05) is 19.1 Å². The summed E-state index contributed by atoms with van der Waals surface area (Å²) in [4.78, 5) is 17.3. The first-order chi connectivity index (χ1) is 12.7. The molecule has 0 unspecified atom stereocenters. The summed E-state index contributed by atoms with van der Waals surface area (Å²) >= 11 is 0. The molecule has 1 aromatic carbocycles. The lowest BCUT2D eigenvalue weighted by molar-refractivity contribution is 0.0947. The lowest BCUT2D eigenvalue weighted by Gasteiger charge is -2.08. The van der Waals surface area contributed by atoms with Crippen LogP contribution in [0.2, 0.25) is 0 Å². The zero-order chi connectivity index (χ0) is 18.5. The minimum Gasteiger partial charge on any atom is -0.497 e. The number of nitrogens with zero attached hydrogens (tertiary/aromatic N) is 2. The Labute approximate surface area is 152 Å².